The van der Waals surface area contributed by atoms with Gasteiger partial charge in [-0.1, -0.05) is 12.8 Å². The summed E-state index contributed by atoms with van der Waals surface area (Å²) >= 11 is 0. The minimum atomic E-state index is -0.520. The molecule has 5 nitrogen and oxygen atoms in total. The van der Waals surface area contributed by atoms with Crippen LogP contribution in [0.15, 0.2) is 18.2 Å². The maximum absolute atomic E-state index is 11.9. The van der Waals surface area contributed by atoms with E-state index < -0.39 is 12.0 Å². The van der Waals surface area contributed by atoms with Crippen molar-refractivity contribution in [2.75, 3.05) is 0 Å². The molecule has 1 aliphatic rings. The Bertz CT molecular complexity index is 426. The van der Waals surface area contributed by atoms with E-state index in [0.717, 1.165) is 25.3 Å². The van der Waals surface area contributed by atoms with Crippen LogP contribution in [0.4, 0.5) is 0 Å². The largest absolute Gasteiger partial charge is 0.508 e. The van der Waals surface area contributed by atoms with Crippen molar-refractivity contribution in [1.82, 2.24) is 5.32 Å². The second kappa shape index (κ2) is 5.27. The van der Waals surface area contributed by atoms with Gasteiger partial charge in [0.15, 0.2) is 0 Å². The molecule has 0 saturated heterocycles. The highest BCUT2D eigenvalue weighted by Crippen LogP contribution is 2.22. The number of hydrogen-bond acceptors (Lipinski definition) is 4. The molecule has 2 unspecified atom stereocenters. The first-order chi connectivity index (χ1) is 8.56. The van der Waals surface area contributed by atoms with Gasteiger partial charge in [0.05, 0.1) is 12.1 Å². The summed E-state index contributed by atoms with van der Waals surface area (Å²) in [6.07, 6.45) is 2.87. The summed E-state index contributed by atoms with van der Waals surface area (Å²) in [7, 11) is 0. The molecule has 18 heavy (non-hydrogen) atoms. The van der Waals surface area contributed by atoms with Gasteiger partial charge in [-0.15, -0.1) is 0 Å². The number of carbonyl (C=O) groups excluding carboxylic acids is 1. The predicted molar refractivity (Wildman–Crippen MR) is 65.5 cm³/mol. The Morgan fingerprint density at radius 1 is 1.11 bits per heavy atom. The van der Waals surface area contributed by atoms with Crippen LogP contribution in [0.2, 0.25) is 0 Å². The van der Waals surface area contributed by atoms with Gasteiger partial charge in [0.1, 0.15) is 11.5 Å². The zero-order valence-electron chi connectivity index (χ0n) is 9.97. The van der Waals surface area contributed by atoms with Crippen molar-refractivity contribution in [3.05, 3.63) is 23.8 Å². The number of rotatable bonds is 2. The van der Waals surface area contributed by atoms with Crippen molar-refractivity contribution in [2.24, 2.45) is 0 Å². The van der Waals surface area contributed by atoms with Crippen molar-refractivity contribution in [2.45, 2.75) is 37.8 Å². The topological polar surface area (TPSA) is 89.8 Å². The summed E-state index contributed by atoms with van der Waals surface area (Å²) in [5, 5.41) is 31.1. The number of phenolic OH excluding ortho intramolecular Hbond substituents is 2. The first-order valence-electron chi connectivity index (χ1n) is 6.08. The highest BCUT2D eigenvalue weighted by molar-refractivity contribution is 5.95. The minimum absolute atomic E-state index is 0.163. The van der Waals surface area contributed by atoms with E-state index in [1.165, 1.54) is 12.1 Å². The second-order valence-electron chi connectivity index (χ2n) is 4.67. The highest BCUT2D eigenvalue weighted by Gasteiger charge is 2.25. The van der Waals surface area contributed by atoms with E-state index in [-0.39, 0.29) is 23.1 Å². The number of carbonyl (C=O) groups is 1. The van der Waals surface area contributed by atoms with Crippen molar-refractivity contribution >= 4 is 5.91 Å². The maximum Gasteiger partial charge on any atom is 0.251 e. The minimum Gasteiger partial charge on any atom is -0.508 e. The Labute approximate surface area is 105 Å². The van der Waals surface area contributed by atoms with Gasteiger partial charge < -0.3 is 20.6 Å². The number of phenols is 2. The summed E-state index contributed by atoms with van der Waals surface area (Å²) in [5.74, 6) is -0.721. The van der Waals surface area contributed by atoms with Gasteiger partial charge in [0, 0.05) is 11.6 Å². The van der Waals surface area contributed by atoms with Gasteiger partial charge >= 0.3 is 0 Å². The quantitative estimate of drug-likeness (QED) is 0.634. The Hall–Kier alpha value is -1.75. The molecule has 0 aromatic heterocycles. The van der Waals surface area contributed by atoms with Gasteiger partial charge in [-0.05, 0) is 25.0 Å². The van der Waals surface area contributed by atoms with Gasteiger partial charge in [-0.2, -0.15) is 0 Å². The molecule has 1 saturated carbocycles. The zero-order valence-corrected chi connectivity index (χ0v) is 9.97. The van der Waals surface area contributed by atoms with Crippen LogP contribution in [0.3, 0.4) is 0 Å². The van der Waals surface area contributed by atoms with Crippen molar-refractivity contribution in [3.8, 4) is 11.5 Å². The van der Waals surface area contributed by atoms with Crippen LogP contribution in [0.5, 0.6) is 11.5 Å². The number of aliphatic hydroxyl groups excluding tert-OH is 1. The Balaban J connectivity index is 2.06. The molecule has 4 N–H and O–H groups in total. The van der Waals surface area contributed by atoms with E-state index >= 15 is 0 Å². The fourth-order valence-corrected chi connectivity index (χ4v) is 2.26. The average Bonchev–Trinajstić information content (AvgIpc) is 2.31. The monoisotopic (exact) mass is 251 g/mol. The van der Waals surface area contributed by atoms with Crippen molar-refractivity contribution in [1.29, 1.82) is 0 Å². The lowest BCUT2D eigenvalue weighted by molar-refractivity contribution is 0.0717. The van der Waals surface area contributed by atoms with E-state index in [1.54, 1.807) is 0 Å². The first-order valence-corrected chi connectivity index (χ1v) is 6.08. The Morgan fingerprint density at radius 3 is 2.33 bits per heavy atom. The summed E-state index contributed by atoms with van der Waals surface area (Å²) in [6.45, 7) is 0. The molecule has 0 heterocycles. The lowest BCUT2D eigenvalue weighted by Gasteiger charge is -2.28. The third kappa shape index (κ3) is 2.92. The normalized spacial score (nSPS) is 23.6. The molecule has 1 fully saturated rings. The summed E-state index contributed by atoms with van der Waals surface area (Å²) in [6, 6.07) is 3.47. The van der Waals surface area contributed by atoms with E-state index in [4.69, 9.17) is 0 Å². The number of nitrogens with one attached hydrogen (secondary N) is 1. The third-order valence-electron chi connectivity index (χ3n) is 3.21. The van der Waals surface area contributed by atoms with Crippen LogP contribution in [0.25, 0.3) is 0 Å². The lowest BCUT2D eigenvalue weighted by Crippen LogP contribution is -2.45. The SMILES string of the molecule is O=C(NC1CCCCC1O)c1cc(O)cc(O)c1. The first kappa shape index (κ1) is 12.7. The molecule has 2 atom stereocenters. The molecule has 0 spiro atoms. The third-order valence-corrected chi connectivity index (χ3v) is 3.21. The zero-order chi connectivity index (χ0) is 13.1. The van der Waals surface area contributed by atoms with Crippen LogP contribution in [-0.4, -0.2) is 33.4 Å². The van der Waals surface area contributed by atoms with Gasteiger partial charge in [0.25, 0.3) is 5.91 Å². The van der Waals surface area contributed by atoms with Crippen LogP contribution in [0.1, 0.15) is 36.0 Å². The fraction of sp³-hybridized carbons (Fsp3) is 0.462. The average molecular weight is 251 g/mol. The molecule has 1 aromatic rings. The standard InChI is InChI=1S/C13H17NO4/c15-9-5-8(6-10(16)7-9)13(18)14-11-3-1-2-4-12(11)17/h5-7,11-12,15-17H,1-4H2,(H,14,18). The number of aliphatic hydroxyl groups is 1. The molecular weight excluding hydrogens is 234 g/mol. The van der Waals surface area contributed by atoms with Crippen molar-refractivity contribution < 1.29 is 20.1 Å². The molecule has 2 rings (SSSR count). The van der Waals surface area contributed by atoms with Crippen LogP contribution < -0.4 is 5.32 Å². The Kier molecular flexibility index (Phi) is 3.72. The fourth-order valence-electron chi connectivity index (χ4n) is 2.26. The Morgan fingerprint density at radius 2 is 1.72 bits per heavy atom. The predicted octanol–water partition coefficient (Wildman–Crippen LogP) is 1.13. The van der Waals surface area contributed by atoms with Crippen molar-refractivity contribution in [3.63, 3.8) is 0 Å². The molecule has 0 bridgehead atoms. The molecule has 5 heteroatoms. The molecule has 0 aliphatic heterocycles. The van der Waals surface area contributed by atoms with Gasteiger partial charge in [-0.3, -0.25) is 4.79 Å². The second-order valence-corrected chi connectivity index (χ2v) is 4.67. The van der Waals surface area contributed by atoms with E-state index in [2.05, 4.69) is 5.32 Å². The number of amides is 1. The van der Waals surface area contributed by atoms with Crippen LogP contribution in [-0.2, 0) is 0 Å². The molecule has 1 aliphatic carbocycles. The van der Waals surface area contributed by atoms with Gasteiger partial charge in [0.2, 0.25) is 0 Å². The van der Waals surface area contributed by atoms with Gasteiger partial charge in [-0.25, -0.2) is 0 Å². The summed E-state index contributed by atoms with van der Waals surface area (Å²) < 4.78 is 0. The van der Waals surface area contributed by atoms with E-state index in [9.17, 15) is 20.1 Å². The summed E-state index contributed by atoms with van der Waals surface area (Å²) in [4.78, 5) is 11.9. The summed E-state index contributed by atoms with van der Waals surface area (Å²) in [5.41, 5.74) is 0.185. The molecule has 1 aromatic carbocycles. The molecular formula is C13H17NO4. The van der Waals surface area contributed by atoms with E-state index in [1.807, 2.05) is 0 Å². The number of hydrogen-bond donors (Lipinski definition) is 4. The lowest BCUT2D eigenvalue weighted by atomic mass is 9.92. The van der Waals surface area contributed by atoms with E-state index in [0.29, 0.717) is 6.42 Å². The smallest absolute Gasteiger partial charge is 0.251 e. The van der Waals surface area contributed by atoms with Crippen LogP contribution >= 0.6 is 0 Å². The number of benzene rings is 1. The molecule has 0 radical (unpaired) electrons. The molecule has 1 amide bonds. The number of aromatic hydroxyl groups is 2. The highest BCUT2D eigenvalue weighted by atomic mass is 16.3. The maximum atomic E-state index is 11.9. The van der Waals surface area contributed by atoms with Crippen LogP contribution in [0, 0.1) is 0 Å². The molecule has 98 valence electrons.